The SMILES string of the molecule is C[C@H]1CCCC[C@H]1NC(=O)COC(=O)CN1C(=O)c2ccccc2C1=O. The van der Waals surface area contributed by atoms with Crippen LogP contribution in [0.2, 0.25) is 0 Å². The Kier molecular flexibility index (Phi) is 5.35. The summed E-state index contributed by atoms with van der Waals surface area (Å²) in [5, 5.41) is 2.89. The van der Waals surface area contributed by atoms with Gasteiger partial charge < -0.3 is 10.1 Å². The monoisotopic (exact) mass is 358 g/mol. The smallest absolute Gasteiger partial charge is 0.326 e. The van der Waals surface area contributed by atoms with Crippen molar-refractivity contribution >= 4 is 23.7 Å². The minimum absolute atomic E-state index is 0.103. The quantitative estimate of drug-likeness (QED) is 0.636. The fourth-order valence-electron chi connectivity index (χ4n) is 3.48. The van der Waals surface area contributed by atoms with E-state index in [1.165, 1.54) is 6.42 Å². The second-order valence-electron chi connectivity index (χ2n) is 6.84. The van der Waals surface area contributed by atoms with Gasteiger partial charge in [-0.15, -0.1) is 0 Å². The van der Waals surface area contributed by atoms with E-state index in [2.05, 4.69) is 12.2 Å². The molecule has 1 heterocycles. The molecule has 2 atom stereocenters. The second kappa shape index (κ2) is 7.68. The summed E-state index contributed by atoms with van der Waals surface area (Å²) in [4.78, 5) is 49.2. The molecule has 0 aromatic heterocycles. The summed E-state index contributed by atoms with van der Waals surface area (Å²) >= 11 is 0. The Hall–Kier alpha value is -2.70. The lowest BCUT2D eigenvalue weighted by molar-refractivity contribution is -0.149. The third-order valence-electron chi connectivity index (χ3n) is 4.99. The number of ether oxygens (including phenoxy) is 1. The Balaban J connectivity index is 1.48. The van der Waals surface area contributed by atoms with Crippen LogP contribution in [0.5, 0.6) is 0 Å². The summed E-state index contributed by atoms with van der Waals surface area (Å²) in [7, 11) is 0. The fraction of sp³-hybridized carbons (Fsp3) is 0.474. The number of carbonyl (C=O) groups excluding carboxylic acids is 4. The molecule has 7 heteroatoms. The molecular formula is C19H22N2O5. The highest BCUT2D eigenvalue weighted by molar-refractivity contribution is 6.22. The van der Waals surface area contributed by atoms with Gasteiger partial charge in [0, 0.05) is 6.04 Å². The summed E-state index contributed by atoms with van der Waals surface area (Å²) in [5.41, 5.74) is 0.545. The van der Waals surface area contributed by atoms with Gasteiger partial charge in [0.25, 0.3) is 17.7 Å². The van der Waals surface area contributed by atoms with E-state index in [1.807, 2.05) is 0 Å². The summed E-state index contributed by atoms with van der Waals surface area (Å²) in [6.07, 6.45) is 4.25. The van der Waals surface area contributed by atoms with E-state index in [0.29, 0.717) is 5.92 Å². The standard InChI is InChI=1S/C19H22N2O5/c1-12-6-2-5-9-15(12)20-16(22)11-26-17(23)10-21-18(24)13-7-3-4-8-14(13)19(21)25/h3-4,7-8,12,15H,2,5-6,9-11H2,1H3,(H,20,22)/t12-,15+/m0/s1. The highest BCUT2D eigenvalue weighted by atomic mass is 16.5. The Bertz CT molecular complexity index is 710. The van der Waals surface area contributed by atoms with Crippen LogP contribution in [-0.4, -0.2) is 47.8 Å². The Labute approximate surface area is 151 Å². The lowest BCUT2D eigenvalue weighted by Gasteiger charge is -2.29. The second-order valence-corrected chi connectivity index (χ2v) is 6.84. The van der Waals surface area contributed by atoms with Crippen molar-refractivity contribution in [3.05, 3.63) is 35.4 Å². The van der Waals surface area contributed by atoms with Crippen LogP contribution in [0.4, 0.5) is 0 Å². The third-order valence-corrected chi connectivity index (χ3v) is 4.99. The average Bonchev–Trinajstić information content (AvgIpc) is 2.87. The molecule has 3 rings (SSSR count). The molecule has 26 heavy (non-hydrogen) atoms. The number of carbonyl (C=O) groups is 4. The predicted molar refractivity (Wildman–Crippen MR) is 92.3 cm³/mol. The van der Waals surface area contributed by atoms with Crippen LogP contribution in [0.25, 0.3) is 0 Å². The van der Waals surface area contributed by atoms with Gasteiger partial charge in [0.2, 0.25) is 0 Å². The average molecular weight is 358 g/mol. The minimum Gasteiger partial charge on any atom is -0.454 e. The molecule has 138 valence electrons. The predicted octanol–water partition coefficient (Wildman–Crippen LogP) is 1.52. The van der Waals surface area contributed by atoms with Crippen LogP contribution >= 0.6 is 0 Å². The zero-order valence-electron chi connectivity index (χ0n) is 14.7. The van der Waals surface area contributed by atoms with Gasteiger partial charge in [-0.05, 0) is 30.9 Å². The number of amides is 3. The number of imide groups is 1. The Morgan fingerprint density at radius 3 is 2.35 bits per heavy atom. The summed E-state index contributed by atoms with van der Waals surface area (Å²) in [6.45, 7) is 1.18. The van der Waals surface area contributed by atoms with Gasteiger partial charge >= 0.3 is 5.97 Å². The first kappa shape index (κ1) is 18.1. The molecule has 1 N–H and O–H groups in total. The minimum atomic E-state index is -0.786. The van der Waals surface area contributed by atoms with E-state index >= 15 is 0 Å². The largest absolute Gasteiger partial charge is 0.454 e. The fourth-order valence-corrected chi connectivity index (χ4v) is 3.48. The zero-order valence-corrected chi connectivity index (χ0v) is 14.7. The molecule has 3 amide bonds. The van der Waals surface area contributed by atoms with Crippen LogP contribution in [0.15, 0.2) is 24.3 Å². The number of rotatable bonds is 5. The number of nitrogens with one attached hydrogen (secondary N) is 1. The molecule has 0 saturated heterocycles. The normalized spacial score (nSPS) is 22.1. The molecule has 0 radical (unpaired) electrons. The topological polar surface area (TPSA) is 92.8 Å². The number of esters is 1. The van der Waals surface area contributed by atoms with E-state index in [-0.39, 0.29) is 23.1 Å². The van der Waals surface area contributed by atoms with Gasteiger partial charge in [-0.3, -0.25) is 24.1 Å². The number of hydrogen-bond acceptors (Lipinski definition) is 5. The lowest BCUT2D eigenvalue weighted by Crippen LogP contribution is -2.43. The van der Waals surface area contributed by atoms with Gasteiger partial charge in [-0.1, -0.05) is 31.9 Å². The van der Waals surface area contributed by atoms with E-state index in [9.17, 15) is 19.2 Å². The summed E-state index contributed by atoms with van der Waals surface area (Å²) < 4.78 is 4.94. The number of hydrogen-bond donors (Lipinski definition) is 1. The van der Waals surface area contributed by atoms with Crippen molar-refractivity contribution in [1.82, 2.24) is 10.2 Å². The molecule has 1 aliphatic carbocycles. The number of nitrogens with zero attached hydrogens (tertiary/aromatic N) is 1. The van der Waals surface area contributed by atoms with Gasteiger partial charge in [0.05, 0.1) is 11.1 Å². The van der Waals surface area contributed by atoms with Crippen LogP contribution in [-0.2, 0) is 14.3 Å². The lowest BCUT2D eigenvalue weighted by atomic mass is 9.86. The molecule has 1 aromatic carbocycles. The van der Waals surface area contributed by atoms with E-state index in [0.717, 1.165) is 24.2 Å². The molecule has 7 nitrogen and oxygen atoms in total. The molecule has 1 aliphatic heterocycles. The molecule has 0 unspecified atom stereocenters. The van der Waals surface area contributed by atoms with Crippen LogP contribution in [0.3, 0.4) is 0 Å². The van der Waals surface area contributed by atoms with Crippen molar-refractivity contribution in [3.8, 4) is 0 Å². The first-order chi connectivity index (χ1) is 12.5. The van der Waals surface area contributed by atoms with Crippen molar-refractivity contribution in [3.63, 3.8) is 0 Å². The molecule has 1 aromatic rings. The van der Waals surface area contributed by atoms with Crippen LogP contribution < -0.4 is 5.32 Å². The first-order valence-electron chi connectivity index (χ1n) is 8.87. The van der Waals surface area contributed by atoms with Crippen LogP contribution in [0, 0.1) is 5.92 Å². The maximum atomic E-state index is 12.2. The molecule has 1 saturated carbocycles. The van der Waals surface area contributed by atoms with Crippen molar-refractivity contribution in [1.29, 1.82) is 0 Å². The van der Waals surface area contributed by atoms with Crippen molar-refractivity contribution in [2.75, 3.05) is 13.2 Å². The van der Waals surface area contributed by atoms with Crippen molar-refractivity contribution in [2.24, 2.45) is 5.92 Å². The molecular weight excluding hydrogens is 336 g/mol. The number of benzene rings is 1. The maximum Gasteiger partial charge on any atom is 0.326 e. The highest BCUT2D eigenvalue weighted by Crippen LogP contribution is 2.24. The van der Waals surface area contributed by atoms with Gasteiger partial charge in [-0.2, -0.15) is 0 Å². The first-order valence-corrected chi connectivity index (χ1v) is 8.87. The maximum absolute atomic E-state index is 12.2. The zero-order chi connectivity index (χ0) is 18.7. The van der Waals surface area contributed by atoms with Crippen LogP contribution in [0.1, 0.15) is 53.3 Å². The number of fused-ring (bicyclic) bond motifs is 1. The third kappa shape index (κ3) is 3.76. The van der Waals surface area contributed by atoms with E-state index in [4.69, 9.17) is 4.74 Å². The summed E-state index contributed by atoms with van der Waals surface area (Å²) in [6, 6.07) is 6.50. The van der Waals surface area contributed by atoms with Crippen molar-refractivity contribution in [2.45, 2.75) is 38.6 Å². The van der Waals surface area contributed by atoms with E-state index < -0.39 is 30.9 Å². The van der Waals surface area contributed by atoms with Gasteiger partial charge in [0.1, 0.15) is 6.54 Å². The van der Waals surface area contributed by atoms with Crippen molar-refractivity contribution < 1.29 is 23.9 Å². The highest BCUT2D eigenvalue weighted by Gasteiger charge is 2.36. The Morgan fingerprint density at radius 2 is 1.73 bits per heavy atom. The van der Waals surface area contributed by atoms with Gasteiger partial charge in [-0.25, -0.2) is 0 Å². The summed E-state index contributed by atoms with van der Waals surface area (Å²) in [5.74, 6) is -1.79. The molecule has 2 aliphatic rings. The molecule has 0 bridgehead atoms. The van der Waals surface area contributed by atoms with Gasteiger partial charge in [0.15, 0.2) is 6.61 Å². The van der Waals surface area contributed by atoms with E-state index in [1.54, 1.807) is 24.3 Å². The Morgan fingerprint density at radius 1 is 1.12 bits per heavy atom. The molecule has 0 spiro atoms. The molecule has 1 fully saturated rings.